The van der Waals surface area contributed by atoms with Gasteiger partial charge in [0.2, 0.25) is 0 Å². The molecule has 1 aliphatic carbocycles. The van der Waals surface area contributed by atoms with Crippen LogP contribution in [0.2, 0.25) is 10.0 Å². The Hall–Kier alpha value is -1.06. The molecule has 5 heteroatoms. The Bertz CT molecular complexity index is 592. The second-order valence-corrected chi connectivity index (χ2v) is 7.05. The molecule has 1 unspecified atom stereocenters. The molecule has 2 aromatic rings. The molecule has 0 spiro atoms. The Morgan fingerprint density at radius 2 is 2.05 bits per heavy atom. The van der Waals surface area contributed by atoms with Gasteiger partial charge in [-0.3, -0.25) is 4.68 Å². The van der Waals surface area contributed by atoms with Crippen LogP contribution in [0.3, 0.4) is 0 Å². The first-order valence-corrected chi connectivity index (χ1v) is 8.75. The molecule has 1 aromatic carbocycles. The number of benzene rings is 1. The Labute approximate surface area is 141 Å². The molecule has 0 amide bonds. The van der Waals surface area contributed by atoms with Crippen LogP contribution >= 0.6 is 23.2 Å². The minimum atomic E-state index is 0.354. The van der Waals surface area contributed by atoms with Crippen molar-refractivity contribution in [3.8, 4) is 0 Å². The van der Waals surface area contributed by atoms with Crippen LogP contribution in [0.4, 0.5) is 0 Å². The van der Waals surface area contributed by atoms with E-state index in [9.17, 15) is 0 Å². The number of rotatable bonds is 6. The average Bonchev–Trinajstić information content (AvgIpc) is 3.17. The largest absolute Gasteiger partial charge is 0.252 e. The number of nitrogens with zero attached hydrogens (tertiary/aromatic N) is 3. The molecule has 0 N–H and O–H groups in total. The summed E-state index contributed by atoms with van der Waals surface area (Å²) in [5.41, 5.74) is 1.17. The zero-order valence-electron chi connectivity index (χ0n) is 12.6. The molecule has 3 rings (SSSR count). The molecule has 0 aliphatic heterocycles. The fraction of sp³-hybridized carbons (Fsp3) is 0.529. The van der Waals surface area contributed by atoms with Crippen LogP contribution in [0, 0.1) is 5.92 Å². The summed E-state index contributed by atoms with van der Waals surface area (Å²) in [6.45, 7) is 0.814. The minimum absolute atomic E-state index is 0.354. The van der Waals surface area contributed by atoms with Crippen LogP contribution in [0.1, 0.15) is 50.0 Å². The van der Waals surface area contributed by atoms with E-state index >= 15 is 0 Å². The first-order valence-electron chi connectivity index (χ1n) is 7.99. The lowest BCUT2D eigenvalue weighted by Crippen LogP contribution is -2.12. The van der Waals surface area contributed by atoms with Gasteiger partial charge < -0.3 is 0 Å². The van der Waals surface area contributed by atoms with Crippen molar-refractivity contribution in [2.45, 2.75) is 51.0 Å². The van der Waals surface area contributed by atoms with Gasteiger partial charge in [0.05, 0.1) is 0 Å². The van der Waals surface area contributed by atoms with Crippen LogP contribution < -0.4 is 0 Å². The van der Waals surface area contributed by atoms with Gasteiger partial charge in [-0.1, -0.05) is 55.0 Å². The van der Waals surface area contributed by atoms with Gasteiger partial charge in [0.15, 0.2) is 0 Å². The first-order chi connectivity index (χ1) is 10.7. The molecule has 0 radical (unpaired) electrons. The third-order valence-corrected chi connectivity index (χ3v) is 5.24. The zero-order chi connectivity index (χ0) is 15.4. The summed E-state index contributed by atoms with van der Waals surface area (Å²) in [5.74, 6) is 1.23. The lowest BCUT2D eigenvalue weighted by molar-refractivity contribution is 0.413. The molecular formula is C17H21Cl2N3. The Kier molecular flexibility index (Phi) is 5.37. The highest BCUT2D eigenvalue weighted by molar-refractivity contribution is 6.35. The zero-order valence-corrected chi connectivity index (χ0v) is 14.1. The Balaban J connectivity index is 1.74. The highest BCUT2D eigenvalue weighted by Crippen LogP contribution is 2.35. The first kappa shape index (κ1) is 15.8. The molecule has 3 nitrogen and oxygen atoms in total. The molecule has 1 heterocycles. The Morgan fingerprint density at radius 3 is 2.73 bits per heavy atom. The molecule has 1 atom stereocenters. The molecule has 1 aromatic heterocycles. The van der Waals surface area contributed by atoms with Crippen molar-refractivity contribution in [2.75, 3.05) is 0 Å². The molecular weight excluding hydrogens is 317 g/mol. The van der Waals surface area contributed by atoms with Crippen molar-refractivity contribution in [3.05, 3.63) is 46.5 Å². The minimum Gasteiger partial charge on any atom is -0.252 e. The predicted molar refractivity (Wildman–Crippen MR) is 90.4 cm³/mol. The van der Waals surface area contributed by atoms with E-state index in [4.69, 9.17) is 23.2 Å². The van der Waals surface area contributed by atoms with Gasteiger partial charge in [0, 0.05) is 22.5 Å². The van der Waals surface area contributed by atoms with Gasteiger partial charge in [-0.15, -0.1) is 0 Å². The topological polar surface area (TPSA) is 30.7 Å². The van der Waals surface area contributed by atoms with Crippen molar-refractivity contribution in [3.63, 3.8) is 0 Å². The standard InChI is InChI=1S/C17H21Cl2N3/c18-15-7-8-16(17(19)9-15)14(10-22-12-20-11-21-22)6-5-13-3-1-2-4-13/h7-9,11-14H,1-6,10H2. The molecule has 118 valence electrons. The summed E-state index contributed by atoms with van der Waals surface area (Å²) in [7, 11) is 0. The molecule has 1 aliphatic rings. The average molecular weight is 338 g/mol. The second-order valence-electron chi connectivity index (χ2n) is 6.21. The highest BCUT2D eigenvalue weighted by atomic mass is 35.5. The van der Waals surface area contributed by atoms with Gasteiger partial charge in [-0.05, 0) is 36.5 Å². The monoisotopic (exact) mass is 337 g/mol. The van der Waals surface area contributed by atoms with Crippen LogP contribution in [-0.2, 0) is 6.54 Å². The van der Waals surface area contributed by atoms with Crippen LogP contribution in [0.5, 0.6) is 0 Å². The highest BCUT2D eigenvalue weighted by Gasteiger charge is 2.20. The van der Waals surface area contributed by atoms with Gasteiger partial charge in [-0.25, -0.2) is 4.98 Å². The van der Waals surface area contributed by atoms with E-state index in [0.717, 1.165) is 23.9 Å². The van der Waals surface area contributed by atoms with E-state index in [2.05, 4.69) is 16.1 Å². The van der Waals surface area contributed by atoms with Crippen molar-refractivity contribution in [1.29, 1.82) is 0 Å². The summed E-state index contributed by atoms with van der Waals surface area (Å²) >= 11 is 12.5. The maximum Gasteiger partial charge on any atom is 0.137 e. The summed E-state index contributed by atoms with van der Waals surface area (Å²) in [5, 5.41) is 5.68. The quantitative estimate of drug-likeness (QED) is 0.712. The van der Waals surface area contributed by atoms with Crippen molar-refractivity contribution < 1.29 is 0 Å². The Morgan fingerprint density at radius 1 is 1.23 bits per heavy atom. The maximum absolute atomic E-state index is 6.43. The lowest BCUT2D eigenvalue weighted by Gasteiger charge is -2.20. The maximum atomic E-state index is 6.43. The fourth-order valence-corrected chi connectivity index (χ4v) is 4.03. The van der Waals surface area contributed by atoms with Gasteiger partial charge in [0.25, 0.3) is 0 Å². The number of hydrogen-bond donors (Lipinski definition) is 0. The third-order valence-electron chi connectivity index (χ3n) is 4.67. The smallest absolute Gasteiger partial charge is 0.137 e. The predicted octanol–water partition coefficient (Wildman–Crippen LogP) is 5.34. The van der Waals surface area contributed by atoms with E-state index in [1.54, 1.807) is 12.7 Å². The van der Waals surface area contributed by atoms with Crippen LogP contribution in [0.25, 0.3) is 0 Å². The van der Waals surface area contributed by atoms with Gasteiger partial charge in [-0.2, -0.15) is 5.10 Å². The summed E-state index contributed by atoms with van der Waals surface area (Å²) in [6, 6.07) is 5.82. The van der Waals surface area contributed by atoms with E-state index in [1.165, 1.54) is 37.7 Å². The van der Waals surface area contributed by atoms with Crippen LogP contribution in [0.15, 0.2) is 30.9 Å². The molecule has 22 heavy (non-hydrogen) atoms. The van der Waals surface area contributed by atoms with Gasteiger partial charge >= 0.3 is 0 Å². The van der Waals surface area contributed by atoms with Gasteiger partial charge in [0.1, 0.15) is 12.7 Å². The summed E-state index contributed by atoms with van der Waals surface area (Å²) in [6.07, 6.45) is 11.3. The van der Waals surface area contributed by atoms with E-state index < -0.39 is 0 Å². The second kappa shape index (κ2) is 7.47. The molecule has 0 bridgehead atoms. The summed E-state index contributed by atoms with van der Waals surface area (Å²) < 4.78 is 1.89. The molecule has 0 saturated heterocycles. The fourth-order valence-electron chi connectivity index (χ4n) is 3.47. The summed E-state index contributed by atoms with van der Waals surface area (Å²) in [4.78, 5) is 4.04. The molecule has 1 saturated carbocycles. The lowest BCUT2D eigenvalue weighted by atomic mass is 9.89. The normalized spacial score (nSPS) is 17.0. The van der Waals surface area contributed by atoms with E-state index in [0.29, 0.717) is 10.9 Å². The SMILES string of the molecule is Clc1ccc(C(CCC2CCCC2)Cn2cncn2)c(Cl)c1. The van der Waals surface area contributed by atoms with Crippen molar-refractivity contribution >= 4 is 23.2 Å². The van der Waals surface area contributed by atoms with Crippen LogP contribution in [-0.4, -0.2) is 14.8 Å². The number of hydrogen-bond acceptors (Lipinski definition) is 2. The van der Waals surface area contributed by atoms with E-state index in [-0.39, 0.29) is 0 Å². The van der Waals surface area contributed by atoms with Crippen molar-refractivity contribution in [2.24, 2.45) is 5.92 Å². The third kappa shape index (κ3) is 4.02. The molecule has 1 fully saturated rings. The number of aromatic nitrogens is 3. The van der Waals surface area contributed by atoms with Crippen molar-refractivity contribution in [1.82, 2.24) is 14.8 Å². The van der Waals surface area contributed by atoms with E-state index in [1.807, 2.05) is 16.8 Å². The number of halogens is 2.